The van der Waals surface area contributed by atoms with Gasteiger partial charge in [-0.2, -0.15) is 8.42 Å². The molecule has 0 aromatic heterocycles. The summed E-state index contributed by atoms with van der Waals surface area (Å²) in [5, 5.41) is 0. The molecule has 1 aliphatic rings. The first-order valence-corrected chi connectivity index (χ1v) is 7.44. The van der Waals surface area contributed by atoms with Gasteiger partial charge in [0, 0.05) is 13.2 Å². The lowest BCUT2D eigenvalue weighted by atomic mass is 9.91. The van der Waals surface area contributed by atoms with Crippen molar-refractivity contribution >= 4 is 10.1 Å². The van der Waals surface area contributed by atoms with Crippen LogP contribution in [0.2, 0.25) is 0 Å². The van der Waals surface area contributed by atoms with E-state index in [0.717, 1.165) is 24.0 Å². The molecule has 18 heavy (non-hydrogen) atoms. The largest absolute Gasteiger partial charge is 0.381 e. The Morgan fingerprint density at radius 3 is 2.56 bits per heavy atom. The van der Waals surface area contributed by atoms with E-state index in [9.17, 15) is 8.42 Å². The maximum Gasteiger partial charge on any atom is 0.296 e. The number of ether oxygens (including phenoxy) is 1. The number of hydrogen-bond donors (Lipinski definition) is 0. The van der Waals surface area contributed by atoms with Crippen molar-refractivity contribution in [1.82, 2.24) is 0 Å². The number of aryl methyl sites for hydroxylation is 1. The van der Waals surface area contributed by atoms with Gasteiger partial charge in [0.05, 0.1) is 12.0 Å². The van der Waals surface area contributed by atoms with E-state index in [1.54, 1.807) is 12.1 Å². The number of rotatable bonds is 3. The van der Waals surface area contributed by atoms with Crippen LogP contribution in [0.3, 0.4) is 0 Å². The minimum atomic E-state index is -3.64. The summed E-state index contributed by atoms with van der Waals surface area (Å²) in [6.07, 6.45) is 1.71. The molecule has 0 radical (unpaired) electrons. The lowest BCUT2D eigenvalue weighted by molar-refractivity contribution is 0.0847. The van der Waals surface area contributed by atoms with Crippen LogP contribution in [0.1, 0.15) is 29.9 Å². The van der Waals surface area contributed by atoms with Gasteiger partial charge in [-0.3, -0.25) is 4.18 Å². The molecule has 0 unspecified atom stereocenters. The SMILES string of the molecule is COS(=O)(=O)c1ccc(C)cc1C1CCOCC1. The molecule has 100 valence electrons. The second-order valence-electron chi connectivity index (χ2n) is 4.55. The Morgan fingerprint density at radius 2 is 1.94 bits per heavy atom. The highest BCUT2D eigenvalue weighted by molar-refractivity contribution is 7.86. The van der Waals surface area contributed by atoms with Crippen molar-refractivity contribution in [3.05, 3.63) is 29.3 Å². The van der Waals surface area contributed by atoms with Gasteiger partial charge in [0.15, 0.2) is 0 Å². The van der Waals surface area contributed by atoms with E-state index >= 15 is 0 Å². The normalized spacial score (nSPS) is 17.9. The topological polar surface area (TPSA) is 52.6 Å². The van der Waals surface area contributed by atoms with Crippen molar-refractivity contribution in [3.63, 3.8) is 0 Å². The second-order valence-corrected chi connectivity index (χ2v) is 6.23. The minimum Gasteiger partial charge on any atom is -0.381 e. The Labute approximate surface area is 108 Å². The van der Waals surface area contributed by atoms with Crippen LogP contribution in [-0.4, -0.2) is 28.7 Å². The third-order valence-corrected chi connectivity index (χ3v) is 4.66. The molecule has 1 saturated heterocycles. The molecule has 1 aromatic carbocycles. The van der Waals surface area contributed by atoms with Crippen molar-refractivity contribution in [2.24, 2.45) is 0 Å². The smallest absolute Gasteiger partial charge is 0.296 e. The van der Waals surface area contributed by atoms with Crippen LogP contribution in [0.4, 0.5) is 0 Å². The zero-order chi connectivity index (χ0) is 13.2. The summed E-state index contributed by atoms with van der Waals surface area (Å²) >= 11 is 0. The monoisotopic (exact) mass is 270 g/mol. The molecular weight excluding hydrogens is 252 g/mol. The molecule has 5 heteroatoms. The standard InChI is InChI=1S/C13H18O4S/c1-10-3-4-13(18(14,15)16-2)12(9-10)11-5-7-17-8-6-11/h3-4,9,11H,5-8H2,1-2H3. The molecule has 0 aliphatic carbocycles. The lowest BCUT2D eigenvalue weighted by Gasteiger charge is -2.24. The highest BCUT2D eigenvalue weighted by Crippen LogP contribution is 2.32. The highest BCUT2D eigenvalue weighted by Gasteiger charge is 2.25. The first-order chi connectivity index (χ1) is 8.54. The van der Waals surface area contributed by atoms with Gasteiger partial charge in [0.2, 0.25) is 0 Å². The molecule has 4 nitrogen and oxygen atoms in total. The lowest BCUT2D eigenvalue weighted by Crippen LogP contribution is -2.17. The predicted molar refractivity (Wildman–Crippen MR) is 68.2 cm³/mol. The van der Waals surface area contributed by atoms with Crippen molar-refractivity contribution in [3.8, 4) is 0 Å². The zero-order valence-corrected chi connectivity index (χ0v) is 11.5. The summed E-state index contributed by atoms with van der Waals surface area (Å²) in [4.78, 5) is 0.294. The maximum absolute atomic E-state index is 11.9. The van der Waals surface area contributed by atoms with E-state index in [1.165, 1.54) is 7.11 Å². The van der Waals surface area contributed by atoms with Crippen LogP contribution in [-0.2, 0) is 19.0 Å². The second kappa shape index (κ2) is 5.38. The molecule has 0 amide bonds. The van der Waals surface area contributed by atoms with Crippen LogP contribution in [0.25, 0.3) is 0 Å². The summed E-state index contributed by atoms with van der Waals surface area (Å²) in [7, 11) is -2.44. The van der Waals surface area contributed by atoms with E-state index in [4.69, 9.17) is 4.74 Å². The van der Waals surface area contributed by atoms with Gasteiger partial charge in [-0.25, -0.2) is 0 Å². The molecule has 1 heterocycles. The summed E-state index contributed by atoms with van der Waals surface area (Å²) < 4.78 is 33.8. The van der Waals surface area contributed by atoms with E-state index in [1.807, 2.05) is 13.0 Å². The molecule has 1 aliphatic heterocycles. The van der Waals surface area contributed by atoms with Gasteiger partial charge in [-0.1, -0.05) is 17.7 Å². The molecule has 0 atom stereocenters. The molecule has 1 aromatic rings. The van der Waals surface area contributed by atoms with E-state index in [0.29, 0.717) is 18.1 Å². The molecule has 0 bridgehead atoms. The molecule has 1 fully saturated rings. The molecule has 0 saturated carbocycles. The van der Waals surface area contributed by atoms with E-state index in [2.05, 4.69) is 4.18 Å². The van der Waals surface area contributed by atoms with Crippen LogP contribution in [0.5, 0.6) is 0 Å². The summed E-state index contributed by atoms with van der Waals surface area (Å²) in [6.45, 7) is 3.34. The van der Waals surface area contributed by atoms with Gasteiger partial charge < -0.3 is 4.74 Å². The molecular formula is C13H18O4S. The van der Waals surface area contributed by atoms with Crippen LogP contribution >= 0.6 is 0 Å². The van der Waals surface area contributed by atoms with Crippen molar-refractivity contribution in [1.29, 1.82) is 0 Å². The fraction of sp³-hybridized carbons (Fsp3) is 0.538. The Kier molecular flexibility index (Phi) is 4.04. The van der Waals surface area contributed by atoms with Crippen LogP contribution in [0, 0.1) is 6.92 Å². The molecule has 2 rings (SSSR count). The van der Waals surface area contributed by atoms with Gasteiger partial charge >= 0.3 is 0 Å². The van der Waals surface area contributed by atoms with Gasteiger partial charge in [0.1, 0.15) is 0 Å². The predicted octanol–water partition coefficient (Wildman–Crippen LogP) is 2.22. The minimum absolute atomic E-state index is 0.235. The van der Waals surface area contributed by atoms with Gasteiger partial charge in [0.25, 0.3) is 10.1 Å². The number of hydrogen-bond acceptors (Lipinski definition) is 4. The fourth-order valence-electron chi connectivity index (χ4n) is 2.31. The first kappa shape index (κ1) is 13.5. The van der Waals surface area contributed by atoms with E-state index < -0.39 is 10.1 Å². The zero-order valence-electron chi connectivity index (χ0n) is 10.7. The van der Waals surface area contributed by atoms with Crippen molar-refractivity contribution in [2.45, 2.75) is 30.6 Å². The fourth-order valence-corrected chi connectivity index (χ4v) is 3.24. The quantitative estimate of drug-likeness (QED) is 0.790. The summed E-state index contributed by atoms with van der Waals surface area (Å²) in [5.74, 6) is 0.235. The van der Waals surface area contributed by atoms with Gasteiger partial charge in [-0.15, -0.1) is 0 Å². The summed E-state index contributed by atoms with van der Waals surface area (Å²) in [6, 6.07) is 5.38. The van der Waals surface area contributed by atoms with Crippen molar-refractivity contribution in [2.75, 3.05) is 20.3 Å². The van der Waals surface area contributed by atoms with Crippen LogP contribution in [0.15, 0.2) is 23.1 Å². The van der Waals surface area contributed by atoms with Gasteiger partial charge in [-0.05, 0) is 37.3 Å². The van der Waals surface area contributed by atoms with Crippen molar-refractivity contribution < 1.29 is 17.3 Å². The molecule has 0 N–H and O–H groups in total. The third-order valence-electron chi connectivity index (χ3n) is 3.32. The van der Waals surface area contributed by atoms with Crippen LogP contribution < -0.4 is 0 Å². The summed E-state index contributed by atoms with van der Waals surface area (Å²) in [5.41, 5.74) is 1.92. The average molecular weight is 270 g/mol. The number of benzene rings is 1. The Bertz CT molecular complexity index is 516. The Morgan fingerprint density at radius 1 is 1.28 bits per heavy atom. The maximum atomic E-state index is 11.9. The third kappa shape index (κ3) is 2.74. The molecule has 0 spiro atoms. The Balaban J connectivity index is 2.46. The Hall–Kier alpha value is -0.910. The van der Waals surface area contributed by atoms with E-state index in [-0.39, 0.29) is 5.92 Å². The first-order valence-electron chi connectivity index (χ1n) is 6.03. The average Bonchev–Trinajstić information content (AvgIpc) is 2.39. The highest BCUT2D eigenvalue weighted by atomic mass is 32.2.